The Labute approximate surface area is 146 Å². The average molecular weight is 395 g/mol. The molecule has 1 aliphatic heterocycles. The van der Waals surface area contributed by atoms with Crippen molar-refractivity contribution in [2.75, 3.05) is 18.1 Å². The van der Waals surface area contributed by atoms with E-state index in [1.54, 1.807) is 17.4 Å². The first-order valence-corrected chi connectivity index (χ1v) is 8.77. The summed E-state index contributed by atoms with van der Waals surface area (Å²) in [5, 5.41) is 2.85. The maximum Gasteiger partial charge on any atom is 0.240 e. The Bertz CT molecular complexity index is 732. The monoisotopic (exact) mass is 394 g/mol. The number of nitrogens with one attached hydrogen (secondary N) is 1. The number of benzene rings is 1. The van der Waals surface area contributed by atoms with Gasteiger partial charge in [-0.2, -0.15) is 0 Å². The van der Waals surface area contributed by atoms with Crippen LogP contribution < -0.4 is 15.0 Å². The van der Waals surface area contributed by atoms with Gasteiger partial charge in [-0.25, -0.2) is 0 Å². The summed E-state index contributed by atoms with van der Waals surface area (Å²) in [7, 11) is 0. The summed E-state index contributed by atoms with van der Waals surface area (Å²) in [6.07, 6.45) is 0.264. The van der Waals surface area contributed by atoms with E-state index in [0.29, 0.717) is 24.6 Å². The van der Waals surface area contributed by atoms with Crippen LogP contribution in [0.4, 0.5) is 5.69 Å². The smallest absolute Gasteiger partial charge is 0.240 e. The number of rotatable bonds is 4. The number of amides is 2. The Balaban J connectivity index is 1.68. The number of carbonyl (C=O) groups excluding carboxylic acids is 2. The lowest BCUT2D eigenvalue weighted by atomic mass is 10.2. The second-order valence-corrected chi connectivity index (χ2v) is 7.58. The van der Waals surface area contributed by atoms with Crippen LogP contribution in [0.5, 0.6) is 5.75 Å². The minimum absolute atomic E-state index is 0.00818. The minimum atomic E-state index is -0.195. The van der Waals surface area contributed by atoms with Gasteiger partial charge in [0.25, 0.3) is 0 Å². The molecule has 2 heterocycles. The Morgan fingerprint density at radius 2 is 2.13 bits per heavy atom. The second kappa shape index (κ2) is 7.14. The van der Waals surface area contributed by atoms with Crippen LogP contribution in [0.2, 0.25) is 0 Å². The Kier molecular flexibility index (Phi) is 4.97. The summed E-state index contributed by atoms with van der Waals surface area (Å²) in [5.41, 5.74) is 0.643. The summed E-state index contributed by atoms with van der Waals surface area (Å²) in [4.78, 5) is 27.0. The highest BCUT2D eigenvalue weighted by Crippen LogP contribution is 2.30. The highest BCUT2D eigenvalue weighted by atomic mass is 79.9. The zero-order valence-corrected chi connectivity index (χ0v) is 14.7. The number of hydrogen-bond acceptors (Lipinski definition) is 4. The van der Waals surface area contributed by atoms with Crippen LogP contribution in [0.1, 0.15) is 11.3 Å². The topological polar surface area (TPSA) is 58.6 Å². The van der Waals surface area contributed by atoms with Crippen molar-refractivity contribution in [3.63, 3.8) is 0 Å². The van der Waals surface area contributed by atoms with Crippen molar-refractivity contribution < 1.29 is 14.3 Å². The number of ether oxygens (including phenoxy) is 1. The molecule has 0 unspecified atom stereocenters. The van der Waals surface area contributed by atoms with Gasteiger partial charge in [-0.3, -0.25) is 14.5 Å². The van der Waals surface area contributed by atoms with Crippen molar-refractivity contribution in [2.45, 2.75) is 13.0 Å². The third kappa shape index (κ3) is 3.92. The summed E-state index contributed by atoms with van der Waals surface area (Å²) in [5.74, 6) is 0.330. The van der Waals surface area contributed by atoms with E-state index in [9.17, 15) is 9.59 Å². The zero-order chi connectivity index (χ0) is 16.2. The third-order valence-electron chi connectivity index (χ3n) is 3.42. The molecule has 0 spiro atoms. The molecule has 0 fully saturated rings. The maximum atomic E-state index is 12.3. The molecule has 0 radical (unpaired) electrons. The SMILES string of the molecule is O=C(CN1C(=O)CCOc2ccccc21)NCc1ccc(Br)s1. The highest BCUT2D eigenvalue weighted by molar-refractivity contribution is 9.11. The van der Waals surface area contributed by atoms with E-state index in [2.05, 4.69) is 21.2 Å². The summed E-state index contributed by atoms with van der Waals surface area (Å²) < 4.78 is 6.59. The molecule has 2 aromatic rings. The molecule has 0 aliphatic carbocycles. The fraction of sp³-hybridized carbons (Fsp3) is 0.250. The number of nitrogens with zero attached hydrogens (tertiary/aromatic N) is 1. The molecule has 0 bridgehead atoms. The fourth-order valence-corrected chi connectivity index (χ4v) is 3.75. The van der Waals surface area contributed by atoms with E-state index in [0.717, 1.165) is 8.66 Å². The van der Waals surface area contributed by atoms with Crippen LogP contribution in [-0.2, 0) is 16.1 Å². The molecular formula is C16H15BrN2O3S. The van der Waals surface area contributed by atoms with Crippen molar-refractivity contribution >= 4 is 44.8 Å². The van der Waals surface area contributed by atoms with E-state index in [-0.39, 0.29) is 24.8 Å². The second-order valence-electron chi connectivity index (χ2n) is 5.03. The molecule has 0 saturated carbocycles. The number of anilines is 1. The minimum Gasteiger partial charge on any atom is -0.491 e. The van der Waals surface area contributed by atoms with Gasteiger partial charge in [-0.1, -0.05) is 12.1 Å². The van der Waals surface area contributed by atoms with Crippen LogP contribution in [0.3, 0.4) is 0 Å². The molecule has 120 valence electrons. The number of carbonyl (C=O) groups is 2. The molecule has 0 saturated heterocycles. The molecule has 5 nitrogen and oxygen atoms in total. The van der Waals surface area contributed by atoms with Crippen molar-refractivity contribution in [3.8, 4) is 5.75 Å². The van der Waals surface area contributed by atoms with E-state index in [1.807, 2.05) is 30.3 Å². The van der Waals surface area contributed by atoms with Crippen molar-refractivity contribution in [1.29, 1.82) is 0 Å². The van der Waals surface area contributed by atoms with Crippen LogP contribution in [0, 0.1) is 0 Å². The van der Waals surface area contributed by atoms with E-state index >= 15 is 0 Å². The van der Waals surface area contributed by atoms with Crippen molar-refractivity contribution in [1.82, 2.24) is 5.32 Å². The van der Waals surface area contributed by atoms with Gasteiger partial charge in [0.2, 0.25) is 11.8 Å². The van der Waals surface area contributed by atoms with Gasteiger partial charge in [-0.05, 0) is 40.2 Å². The number of hydrogen-bond donors (Lipinski definition) is 1. The van der Waals surface area contributed by atoms with Crippen LogP contribution in [-0.4, -0.2) is 25.0 Å². The van der Waals surface area contributed by atoms with Gasteiger partial charge in [0.05, 0.1) is 29.0 Å². The number of halogens is 1. The lowest BCUT2D eigenvalue weighted by Gasteiger charge is -2.21. The normalized spacial score (nSPS) is 14.0. The Hall–Kier alpha value is -1.86. The van der Waals surface area contributed by atoms with E-state index < -0.39 is 0 Å². The predicted octanol–water partition coefficient (Wildman–Crippen LogP) is 2.94. The third-order valence-corrected chi connectivity index (χ3v) is 5.04. The van der Waals surface area contributed by atoms with Crippen molar-refractivity contribution in [2.24, 2.45) is 0 Å². The molecule has 1 aliphatic rings. The predicted molar refractivity (Wildman–Crippen MR) is 92.8 cm³/mol. The summed E-state index contributed by atoms with van der Waals surface area (Å²) in [6.45, 7) is 0.776. The first kappa shape index (κ1) is 16.0. The molecule has 1 N–H and O–H groups in total. The lowest BCUT2D eigenvalue weighted by molar-refractivity contribution is -0.124. The van der Waals surface area contributed by atoms with Gasteiger partial charge in [-0.15, -0.1) is 11.3 Å². The molecule has 1 aromatic heterocycles. The average Bonchev–Trinajstić information content (AvgIpc) is 2.89. The van der Waals surface area contributed by atoms with Crippen LogP contribution in [0.25, 0.3) is 0 Å². The molecule has 2 amide bonds. The van der Waals surface area contributed by atoms with Gasteiger partial charge >= 0.3 is 0 Å². The van der Waals surface area contributed by atoms with Gasteiger partial charge in [0.1, 0.15) is 12.3 Å². The van der Waals surface area contributed by atoms with Crippen LogP contribution in [0.15, 0.2) is 40.2 Å². The fourth-order valence-electron chi connectivity index (χ4n) is 2.33. The molecule has 3 rings (SSSR count). The molecule has 7 heteroatoms. The maximum absolute atomic E-state index is 12.3. The van der Waals surface area contributed by atoms with Crippen LogP contribution >= 0.6 is 27.3 Å². The lowest BCUT2D eigenvalue weighted by Crippen LogP contribution is -2.40. The highest BCUT2D eigenvalue weighted by Gasteiger charge is 2.24. The zero-order valence-electron chi connectivity index (χ0n) is 12.3. The first-order chi connectivity index (χ1) is 11.1. The summed E-state index contributed by atoms with van der Waals surface area (Å²) in [6, 6.07) is 11.2. The Morgan fingerprint density at radius 3 is 2.91 bits per heavy atom. The first-order valence-electron chi connectivity index (χ1n) is 7.16. The molecule has 1 aromatic carbocycles. The van der Waals surface area contributed by atoms with Crippen molar-refractivity contribution in [3.05, 3.63) is 45.1 Å². The van der Waals surface area contributed by atoms with E-state index in [4.69, 9.17) is 4.74 Å². The van der Waals surface area contributed by atoms with Gasteiger partial charge < -0.3 is 10.1 Å². The quantitative estimate of drug-likeness (QED) is 0.866. The molecular weight excluding hydrogens is 380 g/mol. The summed E-state index contributed by atoms with van der Waals surface area (Å²) >= 11 is 4.96. The number of para-hydroxylation sites is 2. The standard InChI is InChI=1S/C16H15BrN2O3S/c17-14-6-5-11(23-14)9-18-15(20)10-19-12-3-1-2-4-13(12)22-8-7-16(19)21/h1-6H,7-10H2,(H,18,20). The molecule has 23 heavy (non-hydrogen) atoms. The van der Waals surface area contributed by atoms with Gasteiger partial charge in [0.15, 0.2) is 0 Å². The van der Waals surface area contributed by atoms with E-state index in [1.165, 1.54) is 4.90 Å². The van der Waals surface area contributed by atoms with Gasteiger partial charge in [0, 0.05) is 4.88 Å². The molecule has 0 atom stereocenters. The largest absolute Gasteiger partial charge is 0.491 e. The Morgan fingerprint density at radius 1 is 1.30 bits per heavy atom. The number of thiophene rings is 1. The number of fused-ring (bicyclic) bond motifs is 1.